The van der Waals surface area contributed by atoms with E-state index < -0.39 is 17.7 Å². The molecule has 0 aliphatic rings. The zero-order valence-corrected chi connectivity index (χ0v) is 18.8. The highest BCUT2D eigenvalue weighted by Crippen LogP contribution is 2.39. The van der Waals surface area contributed by atoms with Gasteiger partial charge in [-0.1, -0.05) is 0 Å². The third kappa shape index (κ3) is 4.83. The minimum atomic E-state index is -0.741. The first-order chi connectivity index (χ1) is 15.4. The van der Waals surface area contributed by atoms with Crippen LogP contribution in [0.4, 0.5) is 10.1 Å². The number of nitrogens with one attached hydrogen (secondary N) is 1. The molecule has 3 rings (SSSR count). The molecule has 0 saturated heterocycles. The molecule has 0 fully saturated rings. The third-order valence-corrected chi connectivity index (χ3v) is 5.69. The monoisotopic (exact) mass is 459 g/mol. The first-order valence-electron chi connectivity index (χ1n) is 9.60. The van der Waals surface area contributed by atoms with Crippen molar-refractivity contribution in [2.45, 2.75) is 6.92 Å². The molecular weight excluding hydrogens is 437 g/mol. The Kier molecular flexibility index (Phi) is 7.32. The van der Waals surface area contributed by atoms with Gasteiger partial charge in [0.15, 0.2) is 11.5 Å². The Morgan fingerprint density at radius 1 is 0.969 bits per heavy atom. The van der Waals surface area contributed by atoms with E-state index in [9.17, 15) is 14.0 Å². The molecule has 32 heavy (non-hydrogen) atoms. The summed E-state index contributed by atoms with van der Waals surface area (Å²) in [5.41, 5.74) is 0.784. The molecule has 0 unspecified atom stereocenters. The highest BCUT2D eigenvalue weighted by atomic mass is 32.1. The number of rotatable bonds is 8. The summed E-state index contributed by atoms with van der Waals surface area (Å²) >= 11 is 1.14. The van der Waals surface area contributed by atoms with Crippen LogP contribution in [0.15, 0.2) is 42.5 Å². The molecule has 0 aliphatic carbocycles. The summed E-state index contributed by atoms with van der Waals surface area (Å²) in [6.07, 6.45) is 0. The summed E-state index contributed by atoms with van der Waals surface area (Å²) in [5, 5.41) is 2.62. The van der Waals surface area contributed by atoms with Gasteiger partial charge < -0.3 is 24.3 Å². The predicted molar refractivity (Wildman–Crippen MR) is 120 cm³/mol. The quantitative estimate of drug-likeness (QED) is 0.477. The summed E-state index contributed by atoms with van der Waals surface area (Å²) in [4.78, 5) is 26.1. The van der Waals surface area contributed by atoms with Crippen LogP contribution in [0.25, 0.3) is 10.4 Å². The summed E-state index contributed by atoms with van der Waals surface area (Å²) in [6, 6.07) is 10.8. The lowest BCUT2D eigenvalue weighted by Crippen LogP contribution is -2.15. The SMILES string of the molecule is CCOC(=O)c1sc(-c2ccc(OC)c(OC)c2)cc1NC(=O)c1ccc(OC)cc1F. The van der Waals surface area contributed by atoms with Gasteiger partial charge in [-0.15, -0.1) is 11.3 Å². The number of anilines is 1. The van der Waals surface area contributed by atoms with E-state index in [2.05, 4.69) is 5.32 Å². The lowest BCUT2D eigenvalue weighted by molar-refractivity contribution is 0.0533. The van der Waals surface area contributed by atoms with Crippen LogP contribution in [0.5, 0.6) is 17.2 Å². The van der Waals surface area contributed by atoms with Crippen molar-refractivity contribution < 1.29 is 32.9 Å². The predicted octanol–water partition coefficient (Wildman–Crippen LogP) is 5.01. The van der Waals surface area contributed by atoms with Crippen LogP contribution in [0.3, 0.4) is 0 Å². The van der Waals surface area contributed by atoms with Gasteiger partial charge in [-0.3, -0.25) is 4.79 Å². The lowest BCUT2D eigenvalue weighted by Gasteiger charge is -2.08. The Bertz CT molecular complexity index is 1140. The van der Waals surface area contributed by atoms with Gasteiger partial charge in [-0.05, 0) is 48.9 Å². The Morgan fingerprint density at radius 2 is 1.72 bits per heavy atom. The van der Waals surface area contributed by atoms with Crippen molar-refractivity contribution >= 4 is 28.9 Å². The standard InChI is InChI=1S/C23H22FNO6S/c1-5-31-23(27)21-17(25-22(26)15-8-7-14(28-2)11-16(15)24)12-20(32-21)13-6-9-18(29-3)19(10-13)30-4/h6-12H,5H2,1-4H3,(H,25,26). The van der Waals surface area contributed by atoms with Crippen LogP contribution in [0.2, 0.25) is 0 Å². The molecule has 0 atom stereocenters. The molecule has 168 valence electrons. The molecule has 2 aromatic carbocycles. The lowest BCUT2D eigenvalue weighted by atomic mass is 10.1. The smallest absolute Gasteiger partial charge is 0.350 e. The van der Waals surface area contributed by atoms with E-state index in [0.717, 1.165) is 23.0 Å². The normalized spacial score (nSPS) is 10.4. The fourth-order valence-electron chi connectivity index (χ4n) is 2.96. The van der Waals surface area contributed by atoms with Crippen LogP contribution >= 0.6 is 11.3 Å². The molecule has 1 N–H and O–H groups in total. The van der Waals surface area contributed by atoms with E-state index >= 15 is 0 Å². The first kappa shape index (κ1) is 23.1. The molecule has 1 amide bonds. The maximum absolute atomic E-state index is 14.3. The number of hydrogen-bond donors (Lipinski definition) is 1. The van der Waals surface area contributed by atoms with E-state index in [4.69, 9.17) is 18.9 Å². The number of hydrogen-bond acceptors (Lipinski definition) is 7. The van der Waals surface area contributed by atoms with E-state index in [-0.39, 0.29) is 28.5 Å². The van der Waals surface area contributed by atoms with Crippen molar-refractivity contribution in [3.63, 3.8) is 0 Å². The zero-order chi connectivity index (χ0) is 23.3. The van der Waals surface area contributed by atoms with Crippen molar-refractivity contribution in [2.24, 2.45) is 0 Å². The second kappa shape index (κ2) is 10.1. The molecule has 9 heteroatoms. The van der Waals surface area contributed by atoms with Crippen molar-refractivity contribution in [3.8, 4) is 27.7 Å². The second-order valence-electron chi connectivity index (χ2n) is 6.44. The average Bonchev–Trinajstić information content (AvgIpc) is 3.22. The Morgan fingerprint density at radius 3 is 2.34 bits per heavy atom. The summed E-state index contributed by atoms with van der Waals surface area (Å²) in [5.74, 6) is -0.668. The van der Waals surface area contributed by atoms with Gasteiger partial charge in [-0.25, -0.2) is 9.18 Å². The third-order valence-electron chi connectivity index (χ3n) is 4.53. The molecule has 0 bridgehead atoms. The highest BCUT2D eigenvalue weighted by molar-refractivity contribution is 7.18. The van der Waals surface area contributed by atoms with Gasteiger partial charge in [0.1, 0.15) is 16.4 Å². The second-order valence-corrected chi connectivity index (χ2v) is 7.50. The summed E-state index contributed by atoms with van der Waals surface area (Å²) in [7, 11) is 4.46. The van der Waals surface area contributed by atoms with Crippen LogP contribution in [0.1, 0.15) is 27.0 Å². The van der Waals surface area contributed by atoms with E-state index in [1.54, 1.807) is 31.2 Å². The van der Waals surface area contributed by atoms with E-state index in [1.807, 2.05) is 0 Å². The molecule has 0 aliphatic heterocycles. The summed E-state index contributed by atoms with van der Waals surface area (Å²) < 4.78 is 35.0. The molecule has 1 aromatic heterocycles. The van der Waals surface area contributed by atoms with Crippen molar-refractivity contribution in [1.29, 1.82) is 0 Å². The molecule has 0 radical (unpaired) electrons. The van der Waals surface area contributed by atoms with Gasteiger partial charge in [0.05, 0.1) is 39.2 Å². The van der Waals surface area contributed by atoms with Crippen LogP contribution < -0.4 is 19.5 Å². The minimum absolute atomic E-state index is 0.170. The number of carbonyl (C=O) groups excluding carboxylic acids is 2. The van der Waals surface area contributed by atoms with Crippen LogP contribution in [-0.4, -0.2) is 39.8 Å². The minimum Gasteiger partial charge on any atom is -0.497 e. The largest absolute Gasteiger partial charge is 0.497 e. The van der Waals surface area contributed by atoms with Crippen LogP contribution in [0, 0.1) is 5.82 Å². The van der Waals surface area contributed by atoms with Gasteiger partial charge in [0.25, 0.3) is 5.91 Å². The van der Waals surface area contributed by atoms with Crippen LogP contribution in [-0.2, 0) is 4.74 Å². The topological polar surface area (TPSA) is 83.1 Å². The van der Waals surface area contributed by atoms with Crippen molar-refractivity contribution in [1.82, 2.24) is 0 Å². The number of carbonyl (C=O) groups is 2. The molecule has 3 aromatic rings. The molecule has 1 heterocycles. The molecule has 0 saturated carbocycles. The number of halogens is 1. The van der Waals surface area contributed by atoms with E-state index in [0.29, 0.717) is 16.4 Å². The molecule has 7 nitrogen and oxygen atoms in total. The number of esters is 1. The number of benzene rings is 2. The van der Waals surface area contributed by atoms with E-state index in [1.165, 1.54) is 33.5 Å². The van der Waals surface area contributed by atoms with Gasteiger partial charge in [-0.2, -0.15) is 0 Å². The molecule has 0 spiro atoms. The fourth-order valence-corrected chi connectivity index (χ4v) is 3.96. The highest BCUT2D eigenvalue weighted by Gasteiger charge is 2.22. The zero-order valence-electron chi connectivity index (χ0n) is 18.0. The van der Waals surface area contributed by atoms with Gasteiger partial charge in [0.2, 0.25) is 0 Å². The van der Waals surface area contributed by atoms with Crippen molar-refractivity contribution in [3.05, 3.63) is 58.7 Å². The summed E-state index contributed by atoms with van der Waals surface area (Å²) in [6.45, 7) is 1.86. The van der Waals surface area contributed by atoms with Gasteiger partial charge in [0, 0.05) is 10.9 Å². The number of thiophene rings is 1. The Labute approximate surface area is 188 Å². The number of methoxy groups -OCH3 is 3. The van der Waals surface area contributed by atoms with Crippen molar-refractivity contribution in [2.75, 3.05) is 33.3 Å². The number of ether oxygens (including phenoxy) is 4. The maximum atomic E-state index is 14.3. The fraction of sp³-hybridized carbons (Fsp3) is 0.217. The number of amides is 1. The molecular formula is C23H22FNO6S. The first-order valence-corrected chi connectivity index (χ1v) is 10.4. The Hall–Kier alpha value is -3.59. The Balaban J connectivity index is 1.99. The average molecular weight is 459 g/mol. The maximum Gasteiger partial charge on any atom is 0.350 e. The van der Waals surface area contributed by atoms with Gasteiger partial charge >= 0.3 is 5.97 Å².